The third-order valence-electron chi connectivity index (χ3n) is 3.17. The molecule has 5 heteroatoms. The third kappa shape index (κ3) is 3.35. The summed E-state index contributed by atoms with van der Waals surface area (Å²) in [6.07, 6.45) is 0. The van der Waals surface area contributed by atoms with E-state index in [0.717, 1.165) is 0 Å². The van der Waals surface area contributed by atoms with E-state index in [1.54, 1.807) is 36.4 Å². The van der Waals surface area contributed by atoms with Gasteiger partial charge in [-0.05, 0) is 54.6 Å². The average molecular weight is 324 g/mol. The summed E-state index contributed by atoms with van der Waals surface area (Å²) in [5, 5.41) is 11.3. The van der Waals surface area contributed by atoms with E-state index in [2.05, 4.69) is 6.07 Å². The molecule has 0 spiro atoms. The topological polar surface area (TPSA) is 63.3 Å². The van der Waals surface area contributed by atoms with Gasteiger partial charge in [0, 0.05) is 6.07 Å². The van der Waals surface area contributed by atoms with E-state index in [-0.39, 0.29) is 15.5 Å². The molecule has 0 fully saturated rings. The summed E-state index contributed by atoms with van der Waals surface area (Å²) in [5.74, 6) is 0.713. The predicted octanol–water partition coefficient (Wildman–Crippen LogP) is 4.26. The quantitative estimate of drug-likeness (QED) is 0.720. The molecule has 0 heterocycles. The summed E-state index contributed by atoms with van der Waals surface area (Å²) >= 11 is 0. The second kappa shape index (κ2) is 6.14. The third-order valence-corrected chi connectivity index (χ3v) is 4.96. The SMILES string of the molecule is [O]c1cccc(Oc2ccc(S(=O)(=O)c3cc[c]cc3)cc2)c1. The lowest BCUT2D eigenvalue weighted by Crippen LogP contribution is -2.01. The van der Waals surface area contributed by atoms with Crippen LogP contribution in [0.15, 0.2) is 82.6 Å². The zero-order valence-corrected chi connectivity index (χ0v) is 12.8. The Hall–Kier alpha value is -2.79. The molecule has 0 amide bonds. The van der Waals surface area contributed by atoms with Gasteiger partial charge in [0.05, 0.1) is 9.79 Å². The van der Waals surface area contributed by atoms with Crippen molar-refractivity contribution in [2.75, 3.05) is 0 Å². The highest BCUT2D eigenvalue weighted by Gasteiger charge is 2.17. The maximum Gasteiger partial charge on any atom is 0.206 e. The summed E-state index contributed by atoms with van der Waals surface area (Å²) < 4.78 is 30.4. The van der Waals surface area contributed by atoms with Crippen LogP contribution in [-0.2, 0) is 14.9 Å². The van der Waals surface area contributed by atoms with Crippen LogP contribution in [0.4, 0.5) is 0 Å². The molecular formula is C18H12O4S. The highest BCUT2D eigenvalue weighted by Crippen LogP contribution is 2.27. The monoisotopic (exact) mass is 324 g/mol. The van der Waals surface area contributed by atoms with E-state index < -0.39 is 9.84 Å². The molecule has 4 nitrogen and oxygen atoms in total. The molecule has 0 N–H and O–H groups in total. The number of ether oxygens (including phenoxy) is 1. The molecular weight excluding hydrogens is 312 g/mol. The van der Waals surface area contributed by atoms with Gasteiger partial charge in [-0.15, -0.1) is 0 Å². The fraction of sp³-hybridized carbons (Fsp3) is 0. The van der Waals surface area contributed by atoms with Crippen molar-refractivity contribution in [2.24, 2.45) is 0 Å². The highest BCUT2D eigenvalue weighted by atomic mass is 32.2. The molecule has 0 aromatic heterocycles. The van der Waals surface area contributed by atoms with Crippen molar-refractivity contribution < 1.29 is 18.3 Å². The Morgan fingerprint density at radius 3 is 2.09 bits per heavy atom. The maximum atomic E-state index is 12.5. The van der Waals surface area contributed by atoms with Crippen LogP contribution in [0.25, 0.3) is 0 Å². The minimum atomic E-state index is -3.56. The summed E-state index contributed by atoms with van der Waals surface area (Å²) in [5.41, 5.74) is 0. The zero-order chi connectivity index (χ0) is 16.3. The lowest BCUT2D eigenvalue weighted by molar-refractivity contribution is 0.352. The van der Waals surface area contributed by atoms with Gasteiger partial charge >= 0.3 is 0 Å². The molecule has 0 bridgehead atoms. The first-order chi connectivity index (χ1) is 11.1. The molecule has 0 saturated carbocycles. The first-order valence-corrected chi connectivity index (χ1v) is 8.30. The molecule has 0 aliphatic carbocycles. The van der Waals surface area contributed by atoms with Gasteiger partial charge in [0.15, 0.2) is 5.75 Å². The first-order valence-electron chi connectivity index (χ1n) is 6.82. The molecule has 3 rings (SSSR count). The van der Waals surface area contributed by atoms with E-state index in [4.69, 9.17) is 4.74 Å². The lowest BCUT2D eigenvalue weighted by atomic mass is 10.3. The van der Waals surface area contributed by atoms with E-state index in [1.807, 2.05) is 0 Å². The van der Waals surface area contributed by atoms with Crippen molar-refractivity contribution in [3.05, 3.63) is 78.9 Å². The van der Waals surface area contributed by atoms with Crippen molar-refractivity contribution in [1.82, 2.24) is 0 Å². The number of sulfone groups is 1. The summed E-state index contributed by atoms with van der Waals surface area (Å²) in [6, 6.07) is 21.0. The Kier molecular flexibility index (Phi) is 4.04. The Balaban J connectivity index is 1.85. The molecule has 0 atom stereocenters. The van der Waals surface area contributed by atoms with Crippen LogP contribution < -0.4 is 4.74 Å². The number of hydrogen-bond donors (Lipinski definition) is 0. The van der Waals surface area contributed by atoms with Gasteiger partial charge in [-0.2, -0.15) is 0 Å². The molecule has 2 radical (unpaired) electrons. The molecule has 3 aromatic carbocycles. The van der Waals surface area contributed by atoms with Crippen LogP contribution in [0.3, 0.4) is 0 Å². The smallest absolute Gasteiger partial charge is 0.206 e. The molecule has 23 heavy (non-hydrogen) atoms. The van der Waals surface area contributed by atoms with Crippen molar-refractivity contribution in [2.45, 2.75) is 9.79 Å². The summed E-state index contributed by atoms with van der Waals surface area (Å²) in [6.45, 7) is 0. The molecule has 0 unspecified atom stereocenters. The van der Waals surface area contributed by atoms with Gasteiger partial charge in [0.2, 0.25) is 9.84 Å². The zero-order valence-electron chi connectivity index (χ0n) is 12.0. The standard InChI is InChI=1S/C18H12O4S/c19-14-5-4-6-16(13-14)22-15-9-11-18(12-10-15)23(20,21)17-7-2-1-3-8-17/h2-13H. The molecule has 3 aromatic rings. The van der Waals surface area contributed by atoms with Gasteiger partial charge < -0.3 is 4.74 Å². The Bertz CT molecular complexity index is 901. The second-order valence-corrected chi connectivity index (χ2v) is 6.74. The van der Waals surface area contributed by atoms with Gasteiger partial charge in [-0.3, -0.25) is 5.11 Å². The Morgan fingerprint density at radius 2 is 1.43 bits per heavy atom. The number of rotatable bonds is 4. The van der Waals surface area contributed by atoms with Crippen LogP contribution >= 0.6 is 0 Å². The van der Waals surface area contributed by atoms with Crippen LogP contribution in [0.2, 0.25) is 0 Å². The second-order valence-electron chi connectivity index (χ2n) is 4.79. The van der Waals surface area contributed by atoms with E-state index in [9.17, 15) is 13.5 Å². The largest absolute Gasteiger partial charge is 0.457 e. The van der Waals surface area contributed by atoms with Gasteiger partial charge in [0.1, 0.15) is 11.5 Å². The normalized spacial score (nSPS) is 11.1. The van der Waals surface area contributed by atoms with Crippen molar-refractivity contribution in [3.63, 3.8) is 0 Å². The van der Waals surface area contributed by atoms with Crippen LogP contribution in [-0.4, -0.2) is 8.42 Å². The van der Waals surface area contributed by atoms with Gasteiger partial charge in [-0.25, -0.2) is 8.42 Å². The van der Waals surface area contributed by atoms with Crippen molar-refractivity contribution in [3.8, 4) is 17.2 Å². The van der Waals surface area contributed by atoms with Crippen LogP contribution in [0.5, 0.6) is 17.2 Å². The number of hydrogen-bond acceptors (Lipinski definition) is 3. The Labute approximate surface area is 134 Å². The molecule has 0 aliphatic rings. The lowest BCUT2D eigenvalue weighted by Gasteiger charge is -2.08. The highest BCUT2D eigenvalue weighted by molar-refractivity contribution is 7.91. The minimum absolute atomic E-state index is 0.150. The summed E-state index contributed by atoms with van der Waals surface area (Å²) in [7, 11) is -3.56. The van der Waals surface area contributed by atoms with Gasteiger partial charge in [-0.1, -0.05) is 18.2 Å². The predicted molar refractivity (Wildman–Crippen MR) is 83.8 cm³/mol. The molecule has 0 saturated heterocycles. The van der Waals surface area contributed by atoms with E-state index in [0.29, 0.717) is 11.5 Å². The molecule has 114 valence electrons. The van der Waals surface area contributed by atoms with E-state index >= 15 is 0 Å². The average Bonchev–Trinajstić information content (AvgIpc) is 2.56. The summed E-state index contributed by atoms with van der Waals surface area (Å²) in [4.78, 5) is 0.387. The minimum Gasteiger partial charge on any atom is -0.457 e. The maximum absolute atomic E-state index is 12.5. The van der Waals surface area contributed by atoms with Crippen LogP contribution in [0, 0.1) is 6.07 Å². The van der Waals surface area contributed by atoms with Crippen molar-refractivity contribution >= 4 is 9.84 Å². The fourth-order valence-electron chi connectivity index (χ4n) is 2.05. The van der Waals surface area contributed by atoms with E-state index in [1.165, 1.54) is 36.4 Å². The number of benzene rings is 3. The Morgan fingerprint density at radius 1 is 0.783 bits per heavy atom. The van der Waals surface area contributed by atoms with Gasteiger partial charge in [0.25, 0.3) is 0 Å². The fourth-order valence-corrected chi connectivity index (χ4v) is 3.31. The van der Waals surface area contributed by atoms with Crippen molar-refractivity contribution in [1.29, 1.82) is 0 Å². The first kappa shape index (κ1) is 15.1. The van der Waals surface area contributed by atoms with Crippen LogP contribution in [0.1, 0.15) is 0 Å². The molecule has 0 aliphatic heterocycles.